The van der Waals surface area contributed by atoms with E-state index in [1.165, 1.54) is 0 Å². The van der Waals surface area contributed by atoms with Gasteiger partial charge in [0.2, 0.25) is 5.82 Å². The maximum absolute atomic E-state index is 12.9. The first-order valence-corrected chi connectivity index (χ1v) is 11.3. The minimum absolute atomic E-state index is 0. The van der Waals surface area contributed by atoms with Gasteiger partial charge in [0.25, 0.3) is 11.5 Å². The van der Waals surface area contributed by atoms with Gasteiger partial charge in [0.1, 0.15) is 0 Å². The number of halogens is 2. The number of hydrogen-bond donors (Lipinski definition) is 5. The Bertz CT molecular complexity index is 1020. The highest BCUT2D eigenvalue weighted by atomic mass is 35.5. The zero-order valence-corrected chi connectivity index (χ0v) is 21.4. The van der Waals surface area contributed by atoms with Gasteiger partial charge < -0.3 is 10.6 Å². The summed E-state index contributed by atoms with van der Waals surface area (Å²) in [4.78, 5) is 46.9. The van der Waals surface area contributed by atoms with Crippen LogP contribution in [-0.2, 0) is 6.54 Å². The first kappa shape index (κ1) is 32.0. The van der Waals surface area contributed by atoms with Gasteiger partial charge >= 0.3 is 11.7 Å². The number of rotatable bonds is 10. The Morgan fingerprint density at radius 1 is 1.09 bits per heavy atom. The topological polar surface area (TPSA) is 137 Å². The SMILES string of the molecule is CCCCCCNC(=O)n1cc(F)c(=O)[nH]c1=O.CNNCc1ccc(C(=O)NC(C)C)cc1.Cl. The fraction of sp³-hybridized carbons (Fsp3) is 0.478. The quantitative estimate of drug-likeness (QED) is 0.244. The van der Waals surface area contributed by atoms with E-state index < -0.39 is 23.1 Å². The summed E-state index contributed by atoms with van der Waals surface area (Å²) in [5.74, 6) is -1.20. The van der Waals surface area contributed by atoms with Gasteiger partial charge in [0, 0.05) is 24.7 Å². The van der Waals surface area contributed by atoms with E-state index in [0.29, 0.717) is 22.9 Å². The lowest BCUT2D eigenvalue weighted by Gasteiger charge is -2.09. The number of aromatic amines is 1. The molecule has 0 radical (unpaired) electrons. The number of H-pyrrole nitrogens is 1. The third kappa shape index (κ3) is 12.3. The van der Waals surface area contributed by atoms with E-state index in [4.69, 9.17) is 0 Å². The molecule has 0 saturated heterocycles. The van der Waals surface area contributed by atoms with Gasteiger partial charge in [0.15, 0.2) is 0 Å². The lowest BCUT2D eigenvalue weighted by atomic mass is 10.1. The first-order chi connectivity index (χ1) is 16.2. The Balaban J connectivity index is 0.000000646. The van der Waals surface area contributed by atoms with Crippen LogP contribution < -0.4 is 32.7 Å². The van der Waals surface area contributed by atoms with E-state index >= 15 is 0 Å². The second kappa shape index (κ2) is 17.4. The molecule has 0 unspecified atom stereocenters. The number of aromatic nitrogens is 2. The molecule has 0 fully saturated rings. The Morgan fingerprint density at radius 3 is 2.31 bits per heavy atom. The normalized spacial score (nSPS) is 10.1. The minimum atomic E-state index is -1.17. The number of carbonyl (C=O) groups is 2. The molecule has 1 heterocycles. The van der Waals surface area contributed by atoms with Crippen molar-refractivity contribution in [3.63, 3.8) is 0 Å². The standard InChI is InChI=1S/C12H19N3O.C11H16FN3O3.ClH/c1-9(2)15-12(16)11-6-4-10(5-7-11)8-14-13-3;1-2-3-4-5-6-13-10(17)15-7-8(12)9(16)14-11(15)18;/h4-7,9,13-14H,8H2,1-3H3,(H,15,16);7H,2-6H2,1H3,(H,13,17)(H,14,16,18);1H. The van der Waals surface area contributed by atoms with E-state index in [1.807, 2.05) is 45.2 Å². The molecule has 0 aliphatic rings. The Labute approximate surface area is 210 Å². The van der Waals surface area contributed by atoms with Gasteiger partial charge in [-0.2, -0.15) is 4.39 Å². The van der Waals surface area contributed by atoms with E-state index in [1.54, 1.807) is 4.98 Å². The zero-order valence-electron chi connectivity index (χ0n) is 20.6. The van der Waals surface area contributed by atoms with Crippen molar-refractivity contribution in [3.8, 4) is 0 Å². The van der Waals surface area contributed by atoms with Gasteiger partial charge in [-0.1, -0.05) is 38.3 Å². The smallest absolute Gasteiger partial charge is 0.336 e. The third-order valence-electron chi connectivity index (χ3n) is 4.53. The van der Waals surface area contributed by atoms with Gasteiger partial charge in [-0.15, -0.1) is 12.4 Å². The van der Waals surface area contributed by atoms with Crippen LogP contribution in [-0.4, -0.2) is 41.1 Å². The largest absolute Gasteiger partial charge is 0.350 e. The van der Waals surface area contributed by atoms with Crippen LogP contribution in [0.2, 0.25) is 0 Å². The van der Waals surface area contributed by atoms with E-state index in [-0.39, 0.29) is 24.4 Å². The van der Waals surface area contributed by atoms with Crippen LogP contribution in [0.4, 0.5) is 9.18 Å². The molecule has 2 aromatic rings. The van der Waals surface area contributed by atoms with Crippen molar-refractivity contribution >= 4 is 24.3 Å². The maximum Gasteiger partial charge on any atom is 0.336 e. The number of unbranched alkanes of at least 4 members (excludes halogenated alkanes) is 3. The van der Waals surface area contributed by atoms with Crippen molar-refractivity contribution < 1.29 is 14.0 Å². The number of benzene rings is 1. The fourth-order valence-corrected chi connectivity index (χ4v) is 2.74. The molecule has 2 amide bonds. The molecule has 1 aromatic carbocycles. The molecule has 0 spiro atoms. The number of nitrogens with one attached hydrogen (secondary N) is 5. The third-order valence-corrected chi connectivity index (χ3v) is 4.53. The molecule has 0 saturated carbocycles. The summed E-state index contributed by atoms with van der Waals surface area (Å²) in [5, 5.41) is 5.34. The number of hydrazine groups is 1. The Hall–Kier alpha value is -3.02. The van der Waals surface area contributed by atoms with Crippen molar-refractivity contribution in [1.29, 1.82) is 0 Å². The van der Waals surface area contributed by atoms with Crippen LogP contribution >= 0.6 is 12.4 Å². The molecule has 0 atom stereocenters. The van der Waals surface area contributed by atoms with Crippen molar-refractivity contribution in [1.82, 2.24) is 31.0 Å². The number of nitrogens with zero attached hydrogens (tertiary/aromatic N) is 1. The van der Waals surface area contributed by atoms with Crippen molar-refractivity contribution in [2.75, 3.05) is 13.6 Å². The highest BCUT2D eigenvalue weighted by Gasteiger charge is 2.10. The predicted octanol–water partition coefficient (Wildman–Crippen LogP) is 2.28. The van der Waals surface area contributed by atoms with Crippen LogP contribution in [0.1, 0.15) is 62.4 Å². The Kier molecular flexibility index (Phi) is 15.9. The summed E-state index contributed by atoms with van der Waals surface area (Å²) in [6, 6.07) is 6.98. The van der Waals surface area contributed by atoms with Crippen LogP contribution in [0.25, 0.3) is 0 Å². The van der Waals surface area contributed by atoms with Gasteiger partial charge in [0.05, 0.1) is 6.20 Å². The lowest BCUT2D eigenvalue weighted by Crippen LogP contribution is -2.40. The molecular weight excluding hydrogens is 479 g/mol. The lowest BCUT2D eigenvalue weighted by molar-refractivity contribution is 0.0943. The highest BCUT2D eigenvalue weighted by molar-refractivity contribution is 5.94. The molecule has 35 heavy (non-hydrogen) atoms. The molecule has 196 valence electrons. The minimum Gasteiger partial charge on any atom is -0.350 e. The van der Waals surface area contributed by atoms with E-state index in [9.17, 15) is 23.6 Å². The summed E-state index contributed by atoms with van der Waals surface area (Å²) in [7, 11) is 1.82. The molecule has 5 N–H and O–H groups in total. The summed E-state index contributed by atoms with van der Waals surface area (Å²) in [6.45, 7) is 7.11. The molecule has 10 nitrogen and oxygen atoms in total. The second-order valence-corrected chi connectivity index (χ2v) is 7.83. The number of carbonyl (C=O) groups excluding carboxylic acids is 2. The van der Waals surface area contributed by atoms with Crippen molar-refractivity contribution in [2.24, 2.45) is 0 Å². The van der Waals surface area contributed by atoms with Crippen molar-refractivity contribution in [2.45, 2.75) is 59.0 Å². The van der Waals surface area contributed by atoms with Crippen LogP contribution in [0.3, 0.4) is 0 Å². The second-order valence-electron chi connectivity index (χ2n) is 7.83. The van der Waals surface area contributed by atoms with Gasteiger partial charge in [-0.25, -0.2) is 14.2 Å². The monoisotopic (exact) mass is 514 g/mol. The molecule has 2 rings (SSSR count). The zero-order chi connectivity index (χ0) is 25.5. The van der Waals surface area contributed by atoms with Gasteiger partial charge in [-0.3, -0.25) is 25.4 Å². The van der Waals surface area contributed by atoms with Crippen LogP contribution in [0, 0.1) is 5.82 Å². The summed E-state index contributed by atoms with van der Waals surface area (Å²) < 4.78 is 13.4. The van der Waals surface area contributed by atoms with Crippen molar-refractivity contribution in [3.05, 3.63) is 68.2 Å². The number of amides is 2. The molecule has 0 aliphatic heterocycles. The highest BCUT2D eigenvalue weighted by Crippen LogP contribution is 2.04. The number of hydrogen-bond acceptors (Lipinski definition) is 6. The Morgan fingerprint density at radius 2 is 1.74 bits per heavy atom. The van der Waals surface area contributed by atoms with Crippen LogP contribution in [0.15, 0.2) is 40.1 Å². The summed E-state index contributed by atoms with van der Waals surface area (Å²) in [6.07, 6.45) is 4.51. The summed E-state index contributed by atoms with van der Waals surface area (Å²) >= 11 is 0. The molecule has 0 aliphatic carbocycles. The predicted molar refractivity (Wildman–Crippen MR) is 136 cm³/mol. The van der Waals surface area contributed by atoms with E-state index in [0.717, 1.165) is 37.8 Å². The fourth-order valence-electron chi connectivity index (χ4n) is 2.74. The van der Waals surface area contributed by atoms with Crippen LogP contribution in [0.5, 0.6) is 0 Å². The average molecular weight is 515 g/mol. The van der Waals surface area contributed by atoms with E-state index in [2.05, 4.69) is 28.4 Å². The maximum atomic E-state index is 12.9. The molecular formula is C23H36ClFN6O4. The van der Waals surface area contributed by atoms with Gasteiger partial charge in [-0.05, 0) is 45.0 Å². The molecule has 0 bridgehead atoms. The average Bonchev–Trinajstić information content (AvgIpc) is 2.80. The molecule has 1 aromatic heterocycles. The molecule has 12 heteroatoms. The first-order valence-electron chi connectivity index (χ1n) is 11.3. The summed E-state index contributed by atoms with van der Waals surface area (Å²) in [5.41, 5.74) is 5.59.